The zero-order chi connectivity index (χ0) is 28.1. The average molecular weight is 557 g/mol. The molecule has 2 N–H and O–H groups in total. The van der Waals surface area contributed by atoms with E-state index < -0.39 is 28.0 Å². The number of nitrogens with one attached hydrogen (secondary N) is 2. The minimum Gasteiger partial charge on any atom is -0.449 e. The Morgan fingerprint density at radius 3 is 2.38 bits per heavy atom. The number of esters is 1. The van der Waals surface area contributed by atoms with E-state index in [2.05, 4.69) is 20.0 Å². The highest BCUT2D eigenvalue weighted by Crippen LogP contribution is 2.28. The van der Waals surface area contributed by atoms with Crippen LogP contribution in [-0.4, -0.2) is 36.4 Å². The van der Waals surface area contributed by atoms with E-state index in [0.717, 1.165) is 0 Å². The molecule has 1 amide bonds. The third-order valence-electron chi connectivity index (χ3n) is 5.92. The van der Waals surface area contributed by atoms with Crippen molar-refractivity contribution in [3.8, 4) is 11.5 Å². The van der Waals surface area contributed by atoms with Crippen LogP contribution in [0.2, 0.25) is 0 Å². The molecular formula is C29H24N4O6S. The lowest BCUT2D eigenvalue weighted by atomic mass is 10.1. The number of pyridine rings is 1. The molecule has 11 heteroatoms. The molecule has 0 bridgehead atoms. The standard InChI is InChI=1S/C29H24N4O6S/c1-2-24(27(34)31-19-14-16-20(17-15-19)40(36,37)33-26-13-7-8-18-30-26)39-29(35)22-10-4-3-9-21(22)28-32-23-11-5-6-12-25(23)38-28/h3-18,24H,2H2,1H3,(H,30,33)(H,31,34). The van der Waals surface area contributed by atoms with Gasteiger partial charge < -0.3 is 14.5 Å². The van der Waals surface area contributed by atoms with Gasteiger partial charge >= 0.3 is 5.97 Å². The van der Waals surface area contributed by atoms with Crippen molar-refractivity contribution in [2.75, 3.05) is 10.0 Å². The van der Waals surface area contributed by atoms with Gasteiger partial charge in [0.15, 0.2) is 11.7 Å². The molecule has 0 fully saturated rings. The molecule has 5 rings (SSSR count). The number of fused-ring (bicyclic) bond motifs is 1. The predicted octanol–water partition coefficient (Wildman–Crippen LogP) is 5.26. The molecule has 10 nitrogen and oxygen atoms in total. The minimum atomic E-state index is -3.87. The average Bonchev–Trinajstić information content (AvgIpc) is 3.41. The summed E-state index contributed by atoms with van der Waals surface area (Å²) in [6, 6.07) is 24.4. The van der Waals surface area contributed by atoms with Crippen molar-refractivity contribution in [3.05, 3.63) is 103 Å². The molecule has 0 aliphatic rings. The van der Waals surface area contributed by atoms with Gasteiger partial charge in [-0.05, 0) is 67.1 Å². The molecule has 2 aromatic heterocycles. The second-order valence-electron chi connectivity index (χ2n) is 8.67. The van der Waals surface area contributed by atoms with Crippen LogP contribution >= 0.6 is 0 Å². The summed E-state index contributed by atoms with van der Waals surface area (Å²) in [7, 11) is -3.87. The Balaban J connectivity index is 1.27. The Bertz CT molecular complexity index is 1740. The van der Waals surface area contributed by atoms with E-state index in [0.29, 0.717) is 22.4 Å². The van der Waals surface area contributed by atoms with Gasteiger partial charge in [-0.2, -0.15) is 0 Å². The number of sulfonamides is 1. The number of anilines is 2. The van der Waals surface area contributed by atoms with Crippen LogP contribution in [0.15, 0.2) is 107 Å². The van der Waals surface area contributed by atoms with E-state index in [4.69, 9.17) is 9.15 Å². The zero-order valence-corrected chi connectivity index (χ0v) is 22.1. The zero-order valence-electron chi connectivity index (χ0n) is 21.3. The Morgan fingerprint density at radius 2 is 1.65 bits per heavy atom. The van der Waals surface area contributed by atoms with Gasteiger partial charge in [0, 0.05) is 11.9 Å². The molecular weight excluding hydrogens is 532 g/mol. The first-order chi connectivity index (χ1) is 19.3. The summed E-state index contributed by atoms with van der Waals surface area (Å²) in [5, 5.41) is 2.67. The maximum absolute atomic E-state index is 13.1. The van der Waals surface area contributed by atoms with Crippen molar-refractivity contribution in [2.24, 2.45) is 0 Å². The number of aromatic nitrogens is 2. The molecule has 2 heterocycles. The van der Waals surface area contributed by atoms with Crippen LogP contribution in [0.1, 0.15) is 23.7 Å². The van der Waals surface area contributed by atoms with E-state index in [9.17, 15) is 18.0 Å². The molecule has 3 aromatic carbocycles. The normalized spacial score (nSPS) is 12.0. The molecule has 0 aliphatic heterocycles. The molecule has 1 unspecified atom stereocenters. The lowest BCUT2D eigenvalue weighted by Gasteiger charge is -2.17. The first kappa shape index (κ1) is 26.6. The highest BCUT2D eigenvalue weighted by atomic mass is 32.2. The summed E-state index contributed by atoms with van der Waals surface area (Å²) in [5.41, 5.74) is 2.21. The number of oxazole rings is 1. The van der Waals surface area contributed by atoms with Crippen molar-refractivity contribution in [1.29, 1.82) is 0 Å². The SMILES string of the molecule is CCC(OC(=O)c1ccccc1-c1nc2ccccc2o1)C(=O)Nc1ccc(S(=O)(=O)Nc2ccccn2)cc1. The number of amides is 1. The third-order valence-corrected chi connectivity index (χ3v) is 7.29. The summed E-state index contributed by atoms with van der Waals surface area (Å²) >= 11 is 0. The number of benzene rings is 3. The Kier molecular flexibility index (Phi) is 7.56. The first-order valence-electron chi connectivity index (χ1n) is 12.3. The molecule has 0 radical (unpaired) electrons. The van der Waals surface area contributed by atoms with Crippen LogP contribution in [0.4, 0.5) is 11.5 Å². The van der Waals surface area contributed by atoms with Crippen molar-refractivity contribution >= 4 is 44.5 Å². The molecule has 0 saturated carbocycles. The Morgan fingerprint density at radius 1 is 0.925 bits per heavy atom. The smallest absolute Gasteiger partial charge is 0.339 e. The Hall–Kier alpha value is -5.03. The monoisotopic (exact) mass is 556 g/mol. The van der Waals surface area contributed by atoms with Crippen LogP contribution < -0.4 is 10.0 Å². The van der Waals surface area contributed by atoms with Crippen molar-refractivity contribution in [3.63, 3.8) is 0 Å². The highest BCUT2D eigenvalue weighted by molar-refractivity contribution is 7.92. The van der Waals surface area contributed by atoms with Crippen molar-refractivity contribution < 1.29 is 27.2 Å². The molecule has 0 aliphatic carbocycles. The summed E-state index contributed by atoms with van der Waals surface area (Å²) in [4.78, 5) is 34.5. The van der Waals surface area contributed by atoms with Gasteiger partial charge in [-0.1, -0.05) is 37.3 Å². The van der Waals surface area contributed by atoms with Gasteiger partial charge in [-0.3, -0.25) is 9.52 Å². The summed E-state index contributed by atoms with van der Waals surface area (Å²) in [6.45, 7) is 1.71. The topological polar surface area (TPSA) is 140 Å². The summed E-state index contributed by atoms with van der Waals surface area (Å²) in [6.07, 6.45) is 0.587. The highest BCUT2D eigenvalue weighted by Gasteiger charge is 2.25. The molecule has 202 valence electrons. The third kappa shape index (κ3) is 5.84. The number of rotatable bonds is 9. The van der Waals surface area contributed by atoms with E-state index in [1.165, 1.54) is 36.5 Å². The van der Waals surface area contributed by atoms with Gasteiger partial charge in [0.2, 0.25) is 5.89 Å². The fraction of sp³-hybridized carbons (Fsp3) is 0.103. The van der Waals surface area contributed by atoms with Gasteiger partial charge in [0.25, 0.3) is 15.9 Å². The molecule has 5 aromatic rings. The molecule has 0 saturated heterocycles. The van der Waals surface area contributed by atoms with E-state index >= 15 is 0 Å². The lowest BCUT2D eigenvalue weighted by Crippen LogP contribution is -2.32. The largest absolute Gasteiger partial charge is 0.449 e. The number of hydrogen-bond donors (Lipinski definition) is 2. The fourth-order valence-corrected chi connectivity index (χ4v) is 4.92. The number of para-hydroxylation sites is 2. The minimum absolute atomic E-state index is 0.00887. The molecule has 40 heavy (non-hydrogen) atoms. The number of nitrogens with zero attached hydrogens (tertiary/aromatic N) is 2. The van der Waals surface area contributed by atoms with Gasteiger partial charge in [0.1, 0.15) is 11.3 Å². The van der Waals surface area contributed by atoms with Crippen molar-refractivity contribution in [2.45, 2.75) is 24.3 Å². The van der Waals surface area contributed by atoms with Crippen molar-refractivity contribution in [1.82, 2.24) is 9.97 Å². The van der Waals surface area contributed by atoms with Crippen LogP contribution in [0.25, 0.3) is 22.6 Å². The first-order valence-corrected chi connectivity index (χ1v) is 13.8. The maximum Gasteiger partial charge on any atom is 0.339 e. The van der Waals surface area contributed by atoms with Gasteiger partial charge in [-0.15, -0.1) is 0 Å². The van der Waals surface area contributed by atoms with Crippen LogP contribution in [0.5, 0.6) is 0 Å². The number of carbonyl (C=O) groups excluding carboxylic acids is 2. The fourth-order valence-electron chi connectivity index (χ4n) is 3.91. The maximum atomic E-state index is 13.1. The van der Waals surface area contributed by atoms with Gasteiger partial charge in [-0.25, -0.2) is 23.2 Å². The number of ether oxygens (including phenoxy) is 1. The van der Waals surface area contributed by atoms with E-state index in [1.807, 2.05) is 12.1 Å². The summed E-state index contributed by atoms with van der Waals surface area (Å²) in [5.74, 6) is -0.816. The van der Waals surface area contributed by atoms with Crippen LogP contribution in [0.3, 0.4) is 0 Å². The second-order valence-corrected chi connectivity index (χ2v) is 10.4. The number of hydrogen-bond acceptors (Lipinski definition) is 8. The molecule has 1 atom stereocenters. The van der Waals surface area contributed by atoms with E-state index in [1.54, 1.807) is 55.5 Å². The predicted molar refractivity (Wildman–Crippen MR) is 149 cm³/mol. The Labute approximate surface area is 230 Å². The van der Waals surface area contributed by atoms with E-state index in [-0.39, 0.29) is 28.6 Å². The second kappa shape index (κ2) is 11.4. The van der Waals surface area contributed by atoms with Gasteiger partial charge in [0.05, 0.1) is 16.0 Å². The molecule has 0 spiro atoms. The van der Waals surface area contributed by atoms with Crippen LogP contribution in [0, 0.1) is 0 Å². The summed E-state index contributed by atoms with van der Waals surface area (Å²) < 4.78 is 39.0. The lowest BCUT2D eigenvalue weighted by molar-refractivity contribution is -0.124. The van der Waals surface area contributed by atoms with Crippen LogP contribution in [-0.2, 0) is 19.6 Å². The quantitative estimate of drug-likeness (QED) is 0.234. The number of carbonyl (C=O) groups is 2.